The van der Waals surface area contributed by atoms with E-state index in [4.69, 9.17) is 20.4 Å². The van der Waals surface area contributed by atoms with Gasteiger partial charge in [-0.3, -0.25) is 0 Å². The van der Waals surface area contributed by atoms with Crippen LogP contribution in [0.2, 0.25) is 0 Å². The van der Waals surface area contributed by atoms with E-state index in [1.807, 2.05) is 85.1 Å². The average molecular weight is 496 g/mol. The maximum absolute atomic E-state index is 9.60. The van der Waals surface area contributed by atoms with Crippen molar-refractivity contribution < 1.29 is 34.8 Å². The maximum atomic E-state index is 9.60. The minimum Gasteiger partial charge on any atom is -0.478 e. The summed E-state index contributed by atoms with van der Waals surface area (Å²) in [4.78, 5) is 34.8. The fraction of sp³-hybridized carbons (Fsp3) is 0.625. The van der Waals surface area contributed by atoms with E-state index in [2.05, 4.69) is 19.7 Å². The van der Waals surface area contributed by atoms with Crippen LogP contribution in [0.25, 0.3) is 0 Å². The second-order valence-corrected chi connectivity index (χ2v) is 8.00. The highest BCUT2D eigenvalue weighted by molar-refractivity contribution is 5.85. The molecule has 4 N–H and O–H groups in total. The molecule has 0 aliphatic rings. The van der Waals surface area contributed by atoms with E-state index in [1.54, 1.807) is 0 Å². The summed E-state index contributed by atoms with van der Waals surface area (Å²) < 4.78 is 0. The Labute approximate surface area is 208 Å². The molecule has 0 unspecified atom stereocenters. The van der Waals surface area contributed by atoms with E-state index in [-0.39, 0.29) is 16.7 Å². The van der Waals surface area contributed by atoms with Gasteiger partial charge in [0.25, 0.3) is 0 Å². The largest absolute Gasteiger partial charge is 0.478 e. The summed E-state index contributed by atoms with van der Waals surface area (Å²) in [5.74, 6) is -2.81. The number of carboxylic acids is 3. The number of carboxylic acid groups (broad SMARTS) is 3. The molecule has 0 bridgehead atoms. The Kier molecular flexibility index (Phi) is 54.2. The quantitative estimate of drug-likeness (QED) is 0.430. The van der Waals surface area contributed by atoms with Gasteiger partial charge in [0.15, 0.2) is 0 Å². The topological polar surface area (TPSA) is 142 Å². The van der Waals surface area contributed by atoms with Crippen LogP contribution < -0.4 is 0 Å². The van der Waals surface area contributed by atoms with Crippen molar-refractivity contribution in [1.82, 2.24) is 14.7 Å². The van der Waals surface area contributed by atoms with Crippen LogP contribution in [-0.4, -0.2) is 123 Å². The summed E-state index contributed by atoms with van der Waals surface area (Å²) in [6, 6.07) is 0. The van der Waals surface area contributed by atoms with Gasteiger partial charge in [0, 0.05) is 23.3 Å². The molecule has 0 fully saturated rings. The van der Waals surface area contributed by atoms with Crippen LogP contribution in [0.4, 0.5) is 0 Å². The predicted molar refractivity (Wildman–Crippen MR) is 144 cm³/mol. The SMILES string of the molecule is C=C(C)C(=O)O.C=C(C)C(=O)O.C=C(C)C(=O)O.CCCO.CN(C)C.CN(C)C.CN(C)C. The van der Waals surface area contributed by atoms with E-state index in [0.717, 1.165) is 6.42 Å². The van der Waals surface area contributed by atoms with Gasteiger partial charge in [-0.15, -0.1) is 0 Å². The van der Waals surface area contributed by atoms with Crippen molar-refractivity contribution >= 4 is 17.9 Å². The number of aliphatic hydroxyl groups excluding tert-OH is 1. The van der Waals surface area contributed by atoms with Crippen LogP contribution in [0.5, 0.6) is 0 Å². The van der Waals surface area contributed by atoms with Crippen molar-refractivity contribution in [3.8, 4) is 0 Å². The number of aliphatic carboxylic acids is 3. The van der Waals surface area contributed by atoms with Crippen molar-refractivity contribution in [2.24, 2.45) is 0 Å². The number of hydrogen-bond donors (Lipinski definition) is 4. The molecule has 0 aromatic rings. The predicted octanol–water partition coefficient (Wildman–Crippen LogP) is 2.86. The Hall–Kier alpha value is -2.53. The van der Waals surface area contributed by atoms with Crippen molar-refractivity contribution in [1.29, 1.82) is 0 Å². The highest BCUT2D eigenvalue weighted by Crippen LogP contribution is 1.82. The molecule has 34 heavy (non-hydrogen) atoms. The summed E-state index contributed by atoms with van der Waals surface area (Å²) >= 11 is 0. The molecule has 0 radical (unpaired) electrons. The second-order valence-electron chi connectivity index (χ2n) is 8.00. The molecule has 0 amide bonds. The third-order valence-corrected chi connectivity index (χ3v) is 1.32. The minimum atomic E-state index is -0.935. The number of nitrogens with zero attached hydrogens (tertiary/aromatic N) is 3. The highest BCUT2D eigenvalue weighted by atomic mass is 16.4. The molecule has 10 nitrogen and oxygen atoms in total. The van der Waals surface area contributed by atoms with Crippen LogP contribution in [0.15, 0.2) is 36.5 Å². The molecule has 0 rings (SSSR count). The van der Waals surface area contributed by atoms with Gasteiger partial charge in [0.05, 0.1) is 0 Å². The molecular weight excluding hydrogens is 442 g/mol. The lowest BCUT2D eigenvalue weighted by atomic mass is 10.4. The van der Waals surface area contributed by atoms with Crippen molar-refractivity contribution in [2.45, 2.75) is 34.1 Å². The Morgan fingerprint density at radius 2 is 0.618 bits per heavy atom. The third kappa shape index (κ3) is 218. The van der Waals surface area contributed by atoms with E-state index in [0.29, 0.717) is 6.61 Å². The molecule has 0 aliphatic carbocycles. The monoisotopic (exact) mass is 495 g/mol. The lowest BCUT2D eigenvalue weighted by molar-refractivity contribution is -0.133. The van der Waals surface area contributed by atoms with Crippen LogP contribution in [0, 0.1) is 0 Å². The van der Waals surface area contributed by atoms with Gasteiger partial charge in [-0.2, -0.15) is 0 Å². The molecule has 0 aliphatic heterocycles. The number of hydrogen-bond acceptors (Lipinski definition) is 7. The van der Waals surface area contributed by atoms with Gasteiger partial charge in [-0.05, 0) is 90.6 Å². The summed E-state index contributed by atoms with van der Waals surface area (Å²) in [5.41, 5.74) is 0.528. The molecular formula is C24H53N3O7. The van der Waals surface area contributed by atoms with Gasteiger partial charge in [0.2, 0.25) is 0 Å². The molecule has 0 spiro atoms. The highest BCUT2D eigenvalue weighted by Gasteiger charge is 1.91. The van der Waals surface area contributed by atoms with E-state index in [1.165, 1.54) is 20.8 Å². The summed E-state index contributed by atoms with van der Waals surface area (Å²) in [6.45, 7) is 16.1. The fourth-order valence-electron chi connectivity index (χ4n) is 0. The van der Waals surface area contributed by atoms with Crippen molar-refractivity contribution in [2.75, 3.05) is 70.0 Å². The zero-order valence-electron chi connectivity index (χ0n) is 23.9. The molecule has 10 heteroatoms. The first-order chi connectivity index (χ1) is 15.0. The van der Waals surface area contributed by atoms with Gasteiger partial charge in [-0.1, -0.05) is 26.7 Å². The van der Waals surface area contributed by atoms with Crippen molar-refractivity contribution in [3.05, 3.63) is 36.5 Å². The third-order valence-electron chi connectivity index (χ3n) is 1.32. The zero-order valence-corrected chi connectivity index (χ0v) is 23.9. The standard InChI is InChI=1S/3C4H6O2.3C3H9N.C3H8O/c3*1-3(2)4(5)6;3*1-4(2)3;1-2-3-4/h3*1H2,2H3,(H,5,6);3*1-3H3;4H,2-3H2,1H3. The Bertz CT molecular complexity index is 413. The second kappa shape index (κ2) is 37.8. The van der Waals surface area contributed by atoms with Crippen LogP contribution in [0.1, 0.15) is 34.1 Å². The number of carbonyl (C=O) groups is 3. The molecule has 0 atom stereocenters. The molecule has 0 saturated heterocycles. The van der Waals surface area contributed by atoms with Gasteiger partial charge >= 0.3 is 17.9 Å². The number of aliphatic hydroxyl groups is 1. The summed E-state index contributed by atoms with van der Waals surface area (Å²) in [7, 11) is 18.0. The Morgan fingerprint density at radius 3 is 0.618 bits per heavy atom. The summed E-state index contributed by atoms with van der Waals surface area (Å²) in [5, 5.41) is 31.5. The zero-order chi connectivity index (χ0) is 29.6. The minimum absolute atomic E-state index is 0.176. The van der Waals surface area contributed by atoms with Crippen LogP contribution in [-0.2, 0) is 14.4 Å². The van der Waals surface area contributed by atoms with E-state index < -0.39 is 17.9 Å². The first kappa shape index (κ1) is 48.8. The van der Waals surface area contributed by atoms with E-state index >= 15 is 0 Å². The fourth-order valence-corrected chi connectivity index (χ4v) is 0. The summed E-state index contributed by atoms with van der Waals surface area (Å²) in [6.07, 6.45) is 0.875. The molecule has 0 aromatic heterocycles. The van der Waals surface area contributed by atoms with Gasteiger partial charge in [-0.25, -0.2) is 14.4 Å². The van der Waals surface area contributed by atoms with Crippen LogP contribution >= 0.6 is 0 Å². The van der Waals surface area contributed by atoms with Crippen LogP contribution in [0.3, 0.4) is 0 Å². The normalized spacial score (nSPS) is 8.03. The molecule has 206 valence electrons. The first-order valence-corrected chi connectivity index (χ1v) is 10.1. The molecule has 0 saturated carbocycles. The first-order valence-electron chi connectivity index (χ1n) is 10.1. The maximum Gasteiger partial charge on any atom is 0.330 e. The molecule has 0 heterocycles. The average Bonchev–Trinajstić information content (AvgIpc) is 2.61. The van der Waals surface area contributed by atoms with Crippen molar-refractivity contribution in [3.63, 3.8) is 0 Å². The Balaban J connectivity index is -0.0000000505. The number of rotatable bonds is 4. The smallest absolute Gasteiger partial charge is 0.330 e. The van der Waals surface area contributed by atoms with Gasteiger partial charge in [0.1, 0.15) is 0 Å². The Morgan fingerprint density at radius 1 is 0.559 bits per heavy atom. The lowest BCUT2D eigenvalue weighted by Crippen LogP contribution is -1.99. The lowest BCUT2D eigenvalue weighted by Gasteiger charge is -1.90. The van der Waals surface area contributed by atoms with Gasteiger partial charge < -0.3 is 35.1 Å². The van der Waals surface area contributed by atoms with E-state index in [9.17, 15) is 14.4 Å². The molecule has 0 aromatic carbocycles.